The Morgan fingerprint density at radius 3 is 2.70 bits per heavy atom. The van der Waals surface area contributed by atoms with E-state index in [0.29, 0.717) is 52.9 Å². The second kappa shape index (κ2) is 8.57. The number of nitrogens with zero attached hydrogens (tertiary/aromatic N) is 5. The van der Waals surface area contributed by atoms with Crippen LogP contribution in [0.5, 0.6) is 0 Å². The van der Waals surface area contributed by atoms with Gasteiger partial charge in [-0.15, -0.1) is 10.2 Å². The molecule has 8 nitrogen and oxygen atoms in total. The lowest BCUT2D eigenvalue weighted by Gasteiger charge is -2.31. The molecule has 0 saturated carbocycles. The van der Waals surface area contributed by atoms with E-state index in [2.05, 4.69) is 15.3 Å². The fourth-order valence-electron chi connectivity index (χ4n) is 3.63. The normalized spacial score (nSPS) is 16.6. The van der Waals surface area contributed by atoms with Gasteiger partial charge in [-0.25, -0.2) is 0 Å². The smallest absolute Gasteiger partial charge is 0.310 e. The molecule has 1 aliphatic rings. The maximum atomic E-state index is 13.2. The highest BCUT2D eigenvalue weighted by molar-refractivity contribution is 6.35. The molecule has 3 aromatic rings. The first-order valence-electron chi connectivity index (χ1n) is 9.59. The number of carbonyl (C=O) groups excluding carboxylic acids is 2. The summed E-state index contributed by atoms with van der Waals surface area (Å²) < 4.78 is 6.57. The second-order valence-corrected chi connectivity index (χ2v) is 7.92. The van der Waals surface area contributed by atoms with Crippen molar-refractivity contribution in [3.63, 3.8) is 0 Å². The third-order valence-electron chi connectivity index (χ3n) is 4.99. The van der Waals surface area contributed by atoms with Gasteiger partial charge in [-0.05, 0) is 49.6 Å². The van der Waals surface area contributed by atoms with Crippen LogP contribution < -0.4 is 0 Å². The van der Waals surface area contributed by atoms with Crippen LogP contribution in [0.4, 0.5) is 0 Å². The predicted octanol–water partition coefficient (Wildman–Crippen LogP) is 3.51. The lowest BCUT2D eigenvalue weighted by atomic mass is 9.97. The Hall–Kier alpha value is -2.71. The zero-order valence-corrected chi connectivity index (χ0v) is 17.7. The first-order valence-corrected chi connectivity index (χ1v) is 10.3. The molecule has 1 aliphatic heterocycles. The van der Waals surface area contributed by atoms with E-state index in [-0.39, 0.29) is 23.5 Å². The fraction of sp³-hybridized carbons (Fsp3) is 0.350. The Kier molecular flexibility index (Phi) is 5.87. The van der Waals surface area contributed by atoms with Crippen LogP contribution in [0.2, 0.25) is 10.0 Å². The minimum absolute atomic E-state index is 0.220. The van der Waals surface area contributed by atoms with Crippen LogP contribution in [-0.2, 0) is 9.53 Å². The monoisotopic (exact) mass is 447 g/mol. The van der Waals surface area contributed by atoms with Crippen molar-refractivity contribution in [2.45, 2.75) is 19.8 Å². The number of benzene rings is 1. The quantitative estimate of drug-likeness (QED) is 0.568. The molecule has 30 heavy (non-hydrogen) atoms. The minimum atomic E-state index is -0.326. The summed E-state index contributed by atoms with van der Waals surface area (Å²) in [6.45, 7) is 2.94. The highest BCUT2D eigenvalue weighted by atomic mass is 35.5. The summed E-state index contributed by atoms with van der Waals surface area (Å²) in [5.41, 5.74) is 2.03. The average Bonchev–Trinajstić information content (AvgIpc) is 3.21. The Bertz CT molecular complexity index is 1100. The molecule has 1 aromatic carbocycles. The summed E-state index contributed by atoms with van der Waals surface area (Å²) in [5.74, 6) is -0.868. The third-order valence-corrected chi connectivity index (χ3v) is 5.43. The van der Waals surface area contributed by atoms with E-state index in [1.54, 1.807) is 36.1 Å². The lowest BCUT2D eigenvalue weighted by Crippen LogP contribution is -2.43. The van der Waals surface area contributed by atoms with Gasteiger partial charge >= 0.3 is 5.97 Å². The molecule has 4 rings (SSSR count). The Labute approximate surface area is 182 Å². The summed E-state index contributed by atoms with van der Waals surface area (Å²) in [5, 5.41) is 13.3. The molecular formula is C20H19Cl2N5O3. The van der Waals surface area contributed by atoms with Crippen LogP contribution in [-0.4, -0.2) is 56.3 Å². The molecule has 3 heterocycles. The van der Waals surface area contributed by atoms with E-state index in [0.717, 1.165) is 6.42 Å². The van der Waals surface area contributed by atoms with E-state index >= 15 is 0 Å². The molecule has 0 aliphatic carbocycles. The number of hydrogen-bond donors (Lipinski definition) is 0. The number of amides is 1. The van der Waals surface area contributed by atoms with Gasteiger partial charge in [-0.1, -0.05) is 23.2 Å². The van der Waals surface area contributed by atoms with Gasteiger partial charge in [-0.3, -0.25) is 9.59 Å². The number of rotatable bonds is 4. The third kappa shape index (κ3) is 4.11. The molecule has 10 heteroatoms. The fourth-order valence-corrected chi connectivity index (χ4v) is 4.16. The largest absolute Gasteiger partial charge is 0.466 e. The minimum Gasteiger partial charge on any atom is -0.466 e. The molecule has 156 valence electrons. The van der Waals surface area contributed by atoms with Gasteiger partial charge in [0.25, 0.3) is 5.91 Å². The number of fused-ring (bicyclic) bond motifs is 1. The first kappa shape index (κ1) is 20.6. The number of hydrogen-bond acceptors (Lipinski definition) is 6. The van der Waals surface area contributed by atoms with Crippen LogP contribution in [0.3, 0.4) is 0 Å². The van der Waals surface area contributed by atoms with Crippen LogP contribution >= 0.6 is 23.2 Å². The number of aromatic nitrogens is 4. The Balaban J connectivity index is 1.69. The second-order valence-electron chi connectivity index (χ2n) is 7.04. The van der Waals surface area contributed by atoms with Crippen molar-refractivity contribution in [2.24, 2.45) is 5.92 Å². The van der Waals surface area contributed by atoms with Crippen LogP contribution in [0, 0.1) is 5.92 Å². The molecule has 1 saturated heterocycles. The average molecular weight is 448 g/mol. The molecule has 1 unspecified atom stereocenters. The number of piperidine rings is 1. The standard InChI is InChI=1S/C20H19Cl2N5O3/c1-2-30-20(29)12-4-3-5-26(10-12)19(28)17-9-16(18-24-23-11-27(18)25-17)13-6-14(21)8-15(22)7-13/h6-9,11-12H,2-5,10H2,1H3. The van der Waals surface area contributed by atoms with Crippen molar-refractivity contribution >= 4 is 40.7 Å². The first-order chi connectivity index (χ1) is 14.5. The summed E-state index contributed by atoms with van der Waals surface area (Å²) in [7, 11) is 0. The number of halogens is 2. The molecule has 2 aromatic heterocycles. The van der Waals surface area contributed by atoms with Gasteiger partial charge in [0.05, 0.1) is 12.5 Å². The van der Waals surface area contributed by atoms with E-state index in [1.807, 2.05) is 0 Å². The molecule has 1 fully saturated rings. The summed E-state index contributed by atoms with van der Waals surface area (Å²) in [6, 6.07) is 6.76. The van der Waals surface area contributed by atoms with E-state index < -0.39 is 0 Å². The van der Waals surface area contributed by atoms with Crippen molar-refractivity contribution in [3.8, 4) is 11.1 Å². The molecule has 0 bridgehead atoms. The number of esters is 1. The number of ether oxygens (including phenoxy) is 1. The summed E-state index contributed by atoms with van der Waals surface area (Å²) in [4.78, 5) is 27.0. The molecule has 0 spiro atoms. The number of likely N-dealkylation sites (tertiary alicyclic amines) is 1. The maximum Gasteiger partial charge on any atom is 0.310 e. The highest BCUT2D eigenvalue weighted by Gasteiger charge is 2.31. The van der Waals surface area contributed by atoms with Gasteiger partial charge in [0.2, 0.25) is 0 Å². The Morgan fingerprint density at radius 1 is 1.20 bits per heavy atom. The van der Waals surface area contributed by atoms with E-state index in [1.165, 1.54) is 10.8 Å². The molecular weight excluding hydrogens is 429 g/mol. The molecule has 1 amide bonds. The van der Waals surface area contributed by atoms with Gasteiger partial charge < -0.3 is 9.64 Å². The zero-order valence-electron chi connectivity index (χ0n) is 16.2. The maximum absolute atomic E-state index is 13.2. The highest BCUT2D eigenvalue weighted by Crippen LogP contribution is 2.30. The van der Waals surface area contributed by atoms with Crippen LogP contribution in [0.25, 0.3) is 16.8 Å². The molecule has 0 radical (unpaired) electrons. The summed E-state index contributed by atoms with van der Waals surface area (Å²) >= 11 is 12.3. The topological polar surface area (TPSA) is 89.7 Å². The van der Waals surface area contributed by atoms with Crippen LogP contribution in [0.15, 0.2) is 30.6 Å². The van der Waals surface area contributed by atoms with Crippen molar-refractivity contribution in [1.82, 2.24) is 24.7 Å². The van der Waals surface area contributed by atoms with Crippen molar-refractivity contribution in [3.05, 3.63) is 46.3 Å². The van der Waals surface area contributed by atoms with E-state index in [9.17, 15) is 9.59 Å². The van der Waals surface area contributed by atoms with Crippen molar-refractivity contribution in [2.75, 3.05) is 19.7 Å². The summed E-state index contributed by atoms with van der Waals surface area (Å²) in [6.07, 6.45) is 2.85. The Morgan fingerprint density at radius 2 is 1.97 bits per heavy atom. The van der Waals surface area contributed by atoms with Crippen molar-refractivity contribution in [1.29, 1.82) is 0 Å². The molecule has 1 atom stereocenters. The SMILES string of the molecule is CCOC(=O)C1CCCN(C(=O)c2cc(-c3cc(Cl)cc(Cl)c3)c3nncn3n2)C1. The van der Waals surface area contributed by atoms with Gasteiger partial charge in [0.1, 0.15) is 12.0 Å². The zero-order chi connectivity index (χ0) is 21.3. The molecule has 0 N–H and O–H groups in total. The van der Waals surface area contributed by atoms with Crippen molar-refractivity contribution < 1.29 is 14.3 Å². The van der Waals surface area contributed by atoms with Gasteiger partial charge in [0.15, 0.2) is 5.65 Å². The van der Waals surface area contributed by atoms with E-state index in [4.69, 9.17) is 27.9 Å². The lowest BCUT2D eigenvalue weighted by molar-refractivity contribution is -0.149. The van der Waals surface area contributed by atoms with Gasteiger partial charge in [-0.2, -0.15) is 9.61 Å². The number of carbonyl (C=O) groups is 2. The van der Waals surface area contributed by atoms with Gasteiger partial charge in [0, 0.05) is 28.7 Å². The van der Waals surface area contributed by atoms with Crippen LogP contribution in [0.1, 0.15) is 30.3 Å². The predicted molar refractivity (Wildman–Crippen MR) is 111 cm³/mol.